The SMILES string of the molecule is Cc1cc(C(C)Nc2ccc(Cl)c(F)c2C(=O)O)c2oc(-c3ccc4nc(C)cn4c3)c(C)c(=O)c2c1. The van der Waals surface area contributed by atoms with Gasteiger partial charge in [0, 0.05) is 29.1 Å². The number of nitrogens with one attached hydrogen (secondary N) is 1. The number of nitrogens with zero attached hydrogens (tertiary/aromatic N) is 2. The number of benzene rings is 2. The van der Waals surface area contributed by atoms with Gasteiger partial charge >= 0.3 is 5.97 Å². The van der Waals surface area contributed by atoms with E-state index in [4.69, 9.17) is 16.0 Å². The van der Waals surface area contributed by atoms with E-state index in [0.717, 1.165) is 16.9 Å². The van der Waals surface area contributed by atoms with Crippen LogP contribution in [0.5, 0.6) is 0 Å². The first-order chi connectivity index (χ1) is 17.5. The summed E-state index contributed by atoms with van der Waals surface area (Å²) in [5, 5.41) is 12.8. The molecule has 7 nitrogen and oxygen atoms in total. The van der Waals surface area contributed by atoms with E-state index in [9.17, 15) is 19.1 Å². The number of carboxylic acids is 1. The Hall–Kier alpha value is -4.17. The summed E-state index contributed by atoms with van der Waals surface area (Å²) in [6, 6.07) is 9.50. The van der Waals surface area contributed by atoms with Gasteiger partial charge in [0.25, 0.3) is 0 Å². The molecule has 0 aliphatic carbocycles. The number of halogens is 2. The van der Waals surface area contributed by atoms with Crippen molar-refractivity contribution >= 4 is 39.9 Å². The molecule has 1 unspecified atom stereocenters. The maximum atomic E-state index is 14.5. The highest BCUT2D eigenvalue weighted by atomic mass is 35.5. The maximum absolute atomic E-state index is 14.5. The van der Waals surface area contributed by atoms with Crippen LogP contribution >= 0.6 is 11.6 Å². The van der Waals surface area contributed by atoms with E-state index in [1.807, 2.05) is 48.8 Å². The van der Waals surface area contributed by atoms with Crippen molar-refractivity contribution in [2.45, 2.75) is 33.7 Å². The first-order valence-corrected chi connectivity index (χ1v) is 11.9. The zero-order valence-electron chi connectivity index (χ0n) is 20.5. The lowest BCUT2D eigenvalue weighted by molar-refractivity contribution is 0.0693. The standard InChI is InChI=1S/C28H23ClFN3O4/c1-13-9-18(16(4)32-21-7-6-20(29)24(30)23(21)28(35)36)27-19(10-13)25(34)15(3)26(37-27)17-5-8-22-31-14(2)11-33(22)12-17/h5-12,16,32H,1-4H3,(H,35,36). The van der Waals surface area contributed by atoms with Crippen molar-refractivity contribution in [3.63, 3.8) is 0 Å². The minimum atomic E-state index is -1.45. The predicted octanol–water partition coefficient (Wildman–Crippen LogP) is 6.70. The van der Waals surface area contributed by atoms with Crippen LogP contribution < -0.4 is 10.7 Å². The van der Waals surface area contributed by atoms with Crippen LogP contribution in [0.4, 0.5) is 10.1 Å². The number of rotatable bonds is 5. The van der Waals surface area contributed by atoms with Crippen molar-refractivity contribution in [1.29, 1.82) is 0 Å². The molecule has 0 aliphatic rings. The molecule has 0 amide bonds. The highest BCUT2D eigenvalue weighted by Crippen LogP contribution is 2.34. The molecule has 0 radical (unpaired) electrons. The number of anilines is 1. The fourth-order valence-corrected chi connectivity index (χ4v) is 4.77. The van der Waals surface area contributed by atoms with Gasteiger partial charge in [-0.3, -0.25) is 4.79 Å². The van der Waals surface area contributed by atoms with Crippen molar-refractivity contribution in [3.05, 3.63) is 97.8 Å². The Labute approximate surface area is 216 Å². The third kappa shape index (κ3) is 4.23. The summed E-state index contributed by atoms with van der Waals surface area (Å²) in [7, 11) is 0. The van der Waals surface area contributed by atoms with Gasteiger partial charge in [-0.05, 0) is 63.6 Å². The topological polar surface area (TPSA) is 96.8 Å². The fourth-order valence-electron chi connectivity index (χ4n) is 4.61. The van der Waals surface area contributed by atoms with E-state index in [1.165, 1.54) is 12.1 Å². The normalized spacial score (nSPS) is 12.3. The van der Waals surface area contributed by atoms with Crippen LogP contribution in [-0.2, 0) is 0 Å². The Balaban J connectivity index is 1.68. The minimum absolute atomic E-state index is 0.0622. The first kappa shape index (κ1) is 24.5. The van der Waals surface area contributed by atoms with Gasteiger partial charge in [0.15, 0.2) is 11.2 Å². The smallest absolute Gasteiger partial charge is 0.340 e. The van der Waals surface area contributed by atoms with Crippen LogP contribution in [0.1, 0.15) is 45.7 Å². The third-order valence-electron chi connectivity index (χ3n) is 6.37. The van der Waals surface area contributed by atoms with Crippen LogP contribution in [0.15, 0.2) is 58.0 Å². The van der Waals surface area contributed by atoms with E-state index >= 15 is 0 Å². The second-order valence-corrected chi connectivity index (χ2v) is 9.54. The summed E-state index contributed by atoms with van der Waals surface area (Å²) in [6.07, 6.45) is 3.75. The highest BCUT2D eigenvalue weighted by molar-refractivity contribution is 6.31. The molecule has 0 spiro atoms. The second kappa shape index (κ2) is 9.05. The van der Waals surface area contributed by atoms with Gasteiger partial charge in [0.1, 0.15) is 22.6 Å². The van der Waals surface area contributed by atoms with Crippen LogP contribution in [0.3, 0.4) is 0 Å². The Morgan fingerprint density at radius 1 is 1.16 bits per heavy atom. The molecule has 1 atom stereocenters. The molecule has 0 aliphatic heterocycles. The molecule has 0 saturated carbocycles. The third-order valence-corrected chi connectivity index (χ3v) is 6.66. The molecule has 37 heavy (non-hydrogen) atoms. The summed E-state index contributed by atoms with van der Waals surface area (Å²) in [5.74, 6) is -2.04. The number of hydrogen-bond donors (Lipinski definition) is 2. The molecule has 5 aromatic rings. The highest BCUT2D eigenvalue weighted by Gasteiger charge is 2.23. The summed E-state index contributed by atoms with van der Waals surface area (Å²) in [6.45, 7) is 7.27. The van der Waals surface area contributed by atoms with Crippen LogP contribution in [0, 0.1) is 26.6 Å². The van der Waals surface area contributed by atoms with Gasteiger partial charge in [0.2, 0.25) is 0 Å². The lowest BCUT2D eigenvalue weighted by atomic mass is 9.98. The van der Waals surface area contributed by atoms with Gasteiger partial charge in [-0.25, -0.2) is 14.2 Å². The molecular formula is C28H23ClFN3O4. The number of carboxylic acid groups (broad SMARTS) is 1. The van der Waals surface area contributed by atoms with E-state index in [1.54, 1.807) is 19.9 Å². The minimum Gasteiger partial charge on any atom is -0.478 e. The van der Waals surface area contributed by atoms with Gasteiger partial charge < -0.3 is 19.2 Å². The molecule has 0 bridgehead atoms. The number of imidazole rings is 1. The number of aromatic nitrogens is 2. The second-order valence-electron chi connectivity index (χ2n) is 9.14. The monoisotopic (exact) mass is 519 g/mol. The number of carbonyl (C=O) groups is 1. The number of hydrogen-bond acceptors (Lipinski definition) is 5. The molecule has 3 heterocycles. The quantitative estimate of drug-likeness (QED) is 0.268. The zero-order chi connectivity index (χ0) is 26.6. The molecule has 188 valence electrons. The lowest BCUT2D eigenvalue weighted by Crippen LogP contribution is -2.15. The van der Waals surface area contributed by atoms with E-state index in [2.05, 4.69) is 10.3 Å². The van der Waals surface area contributed by atoms with Crippen molar-refractivity contribution in [1.82, 2.24) is 9.38 Å². The van der Waals surface area contributed by atoms with Crippen molar-refractivity contribution in [3.8, 4) is 11.3 Å². The lowest BCUT2D eigenvalue weighted by Gasteiger charge is -2.20. The molecule has 3 aromatic heterocycles. The number of pyridine rings is 1. The fraction of sp³-hybridized carbons (Fsp3) is 0.179. The molecule has 2 aromatic carbocycles. The Bertz CT molecular complexity index is 1790. The van der Waals surface area contributed by atoms with Crippen LogP contribution in [-0.4, -0.2) is 20.5 Å². The van der Waals surface area contributed by atoms with E-state index in [0.29, 0.717) is 33.4 Å². The summed E-state index contributed by atoms with van der Waals surface area (Å²) in [4.78, 5) is 29.7. The van der Waals surface area contributed by atoms with E-state index < -0.39 is 23.4 Å². The van der Waals surface area contributed by atoms with Gasteiger partial charge in [-0.15, -0.1) is 0 Å². The number of aromatic carboxylic acids is 1. The maximum Gasteiger partial charge on any atom is 0.340 e. The van der Waals surface area contributed by atoms with E-state index in [-0.39, 0.29) is 16.1 Å². The summed E-state index contributed by atoms with van der Waals surface area (Å²) in [5.41, 5.74) is 3.97. The molecule has 0 fully saturated rings. The first-order valence-electron chi connectivity index (χ1n) is 11.6. The Kier molecular flexibility index (Phi) is 6.00. The average molecular weight is 520 g/mol. The molecule has 5 rings (SSSR count). The average Bonchev–Trinajstić information content (AvgIpc) is 3.22. The number of aryl methyl sites for hydroxylation is 2. The molecule has 0 saturated heterocycles. The largest absolute Gasteiger partial charge is 0.478 e. The molecule has 2 N–H and O–H groups in total. The Morgan fingerprint density at radius 3 is 2.65 bits per heavy atom. The van der Waals surface area contributed by atoms with Gasteiger partial charge in [0.05, 0.1) is 27.8 Å². The predicted molar refractivity (Wildman–Crippen MR) is 141 cm³/mol. The van der Waals surface area contributed by atoms with Crippen molar-refractivity contribution < 1.29 is 18.7 Å². The van der Waals surface area contributed by atoms with Gasteiger partial charge in [-0.2, -0.15) is 0 Å². The van der Waals surface area contributed by atoms with Crippen LogP contribution in [0.25, 0.3) is 27.9 Å². The van der Waals surface area contributed by atoms with Crippen molar-refractivity contribution in [2.75, 3.05) is 5.32 Å². The summed E-state index contributed by atoms with van der Waals surface area (Å²) < 4.78 is 22.8. The molecular weight excluding hydrogens is 497 g/mol. The zero-order valence-corrected chi connectivity index (χ0v) is 21.3. The van der Waals surface area contributed by atoms with Crippen molar-refractivity contribution in [2.24, 2.45) is 0 Å². The molecule has 9 heteroatoms. The summed E-state index contributed by atoms with van der Waals surface area (Å²) >= 11 is 5.81. The van der Waals surface area contributed by atoms with Crippen LogP contribution in [0.2, 0.25) is 5.02 Å². The van der Waals surface area contributed by atoms with Gasteiger partial charge in [-0.1, -0.05) is 17.7 Å². The Morgan fingerprint density at radius 2 is 1.92 bits per heavy atom. The number of fused-ring (bicyclic) bond motifs is 2.